The van der Waals surface area contributed by atoms with Crippen molar-refractivity contribution in [1.29, 1.82) is 0 Å². The van der Waals surface area contributed by atoms with Crippen molar-refractivity contribution in [3.05, 3.63) is 77.0 Å². The van der Waals surface area contributed by atoms with Gasteiger partial charge in [0.15, 0.2) is 0 Å². The largest absolute Gasteiger partial charge is 0.467 e. The van der Waals surface area contributed by atoms with Crippen molar-refractivity contribution in [3.8, 4) is 11.3 Å². The Hall–Kier alpha value is -2.92. The molecule has 0 aliphatic rings. The van der Waals surface area contributed by atoms with Crippen LogP contribution >= 0.6 is 11.3 Å². The minimum atomic E-state index is -0.0594. The number of furan rings is 1. The van der Waals surface area contributed by atoms with E-state index < -0.39 is 0 Å². The Morgan fingerprint density at radius 2 is 1.96 bits per heavy atom. The molecule has 0 spiro atoms. The lowest BCUT2D eigenvalue weighted by atomic mass is 10.1. The summed E-state index contributed by atoms with van der Waals surface area (Å²) >= 11 is 1.51. The molecule has 0 atom stereocenters. The predicted molar refractivity (Wildman–Crippen MR) is 99.3 cm³/mol. The van der Waals surface area contributed by atoms with Gasteiger partial charge in [0, 0.05) is 10.9 Å². The summed E-state index contributed by atoms with van der Waals surface area (Å²) in [6, 6.07) is 18.2. The average molecular weight is 348 g/mol. The number of nitrogens with zero attached hydrogens (tertiary/aromatic N) is 1. The first-order valence-corrected chi connectivity index (χ1v) is 8.88. The molecule has 2 aromatic heterocycles. The molecule has 5 heteroatoms. The molecule has 0 unspecified atom stereocenters. The van der Waals surface area contributed by atoms with E-state index in [0.717, 1.165) is 22.0 Å². The van der Waals surface area contributed by atoms with Gasteiger partial charge < -0.3 is 9.73 Å². The average Bonchev–Trinajstić information content (AvgIpc) is 3.31. The van der Waals surface area contributed by atoms with E-state index in [0.29, 0.717) is 6.54 Å². The highest BCUT2D eigenvalue weighted by molar-refractivity contribution is 7.10. The second-order valence-corrected chi connectivity index (χ2v) is 6.66. The Morgan fingerprint density at radius 3 is 2.80 bits per heavy atom. The summed E-state index contributed by atoms with van der Waals surface area (Å²) in [6.07, 6.45) is 1.87. The molecule has 0 fully saturated rings. The molecule has 124 valence electrons. The van der Waals surface area contributed by atoms with E-state index in [4.69, 9.17) is 4.42 Å². The minimum absolute atomic E-state index is 0.0594. The van der Waals surface area contributed by atoms with Crippen LogP contribution in [0.2, 0.25) is 0 Å². The quantitative estimate of drug-likeness (QED) is 0.581. The molecule has 1 N–H and O–H groups in total. The number of amides is 1. The van der Waals surface area contributed by atoms with Crippen molar-refractivity contribution >= 4 is 28.0 Å². The Labute approximate surface area is 149 Å². The molecule has 4 rings (SSSR count). The third kappa shape index (κ3) is 3.61. The molecule has 4 aromatic rings. The fraction of sp³-hybridized carbons (Fsp3) is 0.100. The SMILES string of the molecule is O=C(Cc1nc(-c2ccc3ccccc3c2)cs1)NCc1ccco1. The lowest BCUT2D eigenvalue weighted by Gasteiger charge is -2.02. The first-order valence-electron chi connectivity index (χ1n) is 8.00. The third-order valence-electron chi connectivity index (χ3n) is 3.95. The van der Waals surface area contributed by atoms with Crippen molar-refractivity contribution < 1.29 is 9.21 Å². The molecule has 0 aliphatic heterocycles. The molecule has 0 saturated carbocycles. The zero-order chi connectivity index (χ0) is 17.1. The fourth-order valence-corrected chi connectivity index (χ4v) is 3.47. The van der Waals surface area contributed by atoms with Crippen molar-refractivity contribution in [2.24, 2.45) is 0 Å². The second-order valence-electron chi connectivity index (χ2n) is 5.72. The van der Waals surface area contributed by atoms with Crippen LogP contribution in [-0.4, -0.2) is 10.9 Å². The first kappa shape index (κ1) is 15.6. The fourth-order valence-electron chi connectivity index (χ4n) is 2.67. The molecule has 25 heavy (non-hydrogen) atoms. The number of rotatable bonds is 5. The molecule has 2 heterocycles. The van der Waals surface area contributed by atoms with Crippen LogP contribution in [0.15, 0.2) is 70.7 Å². The van der Waals surface area contributed by atoms with E-state index in [1.807, 2.05) is 23.6 Å². The highest BCUT2D eigenvalue weighted by Gasteiger charge is 2.10. The molecule has 0 saturated heterocycles. The zero-order valence-corrected chi connectivity index (χ0v) is 14.3. The summed E-state index contributed by atoms with van der Waals surface area (Å²) in [6.45, 7) is 0.398. The van der Waals surface area contributed by atoms with E-state index in [9.17, 15) is 4.79 Å². The number of hydrogen-bond acceptors (Lipinski definition) is 4. The van der Waals surface area contributed by atoms with Crippen LogP contribution in [0.3, 0.4) is 0 Å². The van der Waals surface area contributed by atoms with Crippen LogP contribution in [0.5, 0.6) is 0 Å². The van der Waals surface area contributed by atoms with Crippen LogP contribution in [0, 0.1) is 0 Å². The van der Waals surface area contributed by atoms with E-state index >= 15 is 0 Å². The molecule has 4 nitrogen and oxygen atoms in total. The Balaban J connectivity index is 1.44. The van der Waals surface area contributed by atoms with Crippen LogP contribution in [0.4, 0.5) is 0 Å². The van der Waals surface area contributed by atoms with Crippen LogP contribution < -0.4 is 5.32 Å². The monoisotopic (exact) mass is 348 g/mol. The number of thiazole rings is 1. The smallest absolute Gasteiger partial charge is 0.227 e. The highest BCUT2D eigenvalue weighted by Crippen LogP contribution is 2.26. The van der Waals surface area contributed by atoms with E-state index in [1.54, 1.807) is 12.3 Å². The maximum atomic E-state index is 12.0. The Kier molecular flexibility index (Phi) is 4.31. The van der Waals surface area contributed by atoms with Gasteiger partial charge in [0.2, 0.25) is 5.91 Å². The lowest BCUT2D eigenvalue weighted by molar-refractivity contribution is -0.120. The summed E-state index contributed by atoms with van der Waals surface area (Å²) in [4.78, 5) is 16.6. The first-order chi connectivity index (χ1) is 12.3. The molecular weight excluding hydrogens is 332 g/mol. The lowest BCUT2D eigenvalue weighted by Crippen LogP contribution is -2.24. The van der Waals surface area contributed by atoms with Gasteiger partial charge in [-0.15, -0.1) is 11.3 Å². The van der Waals surface area contributed by atoms with Crippen molar-refractivity contribution in [2.45, 2.75) is 13.0 Å². The van der Waals surface area contributed by atoms with Gasteiger partial charge in [0.05, 0.1) is 24.9 Å². The van der Waals surface area contributed by atoms with Crippen molar-refractivity contribution in [3.63, 3.8) is 0 Å². The van der Waals surface area contributed by atoms with Gasteiger partial charge in [-0.1, -0.05) is 36.4 Å². The van der Waals surface area contributed by atoms with Crippen molar-refractivity contribution in [2.75, 3.05) is 0 Å². The van der Waals surface area contributed by atoms with Crippen LogP contribution in [0.25, 0.3) is 22.0 Å². The summed E-state index contributed by atoms with van der Waals surface area (Å²) in [5.41, 5.74) is 1.97. The summed E-state index contributed by atoms with van der Waals surface area (Å²) in [7, 11) is 0. The Morgan fingerprint density at radius 1 is 1.08 bits per heavy atom. The number of nitrogens with one attached hydrogen (secondary N) is 1. The summed E-state index contributed by atoms with van der Waals surface area (Å²) in [5, 5.41) is 8.04. The Bertz CT molecular complexity index is 1010. The molecular formula is C20H16N2O2S. The number of aromatic nitrogens is 1. The van der Waals surface area contributed by atoms with Gasteiger partial charge in [-0.05, 0) is 29.0 Å². The van der Waals surface area contributed by atoms with Gasteiger partial charge in [-0.25, -0.2) is 4.98 Å². The van der Waals surface area contributed by atoms with E-state index in [2.05, 4.69) is 40.6 Å². The maximum absolute atomic E-state index is 12.0. The number of carbonyl (C=O) groups excluding carboxylic acids is 1. The molecule has 0 bridgehead atoms. The van der Waals surface area contributed by atoms with Gasteiger partial charge in [-0.2, -0.15) is 0 Å². The van der Waals surface area contributed by atoms with Crippen LogP contribution in [0.1, 0.15) is 10.8 Å². The molecule has 0 aliphatic carbocycles. The van der Waals surface area contributed by atoms with Crippen LogP contribution in [-0.2, 0) is 17.8 Å². The molecule has 0 radical (unpaired) electrons. The predicted octanol–water partition coefficient (Wildman–Crippen LogP) is 4.42. The number of fused-ring (bicyclic) bond motifs is 1. The molecule has 2 aromatic carbocycles. The highest BCUT2D eigenvalue weighted by atomic mass is 32.1. The minimum Gasteiger partial charge on any atom is -0.467 e. The third-order valence-corrected chi connectivity index (χ3v) is 4.80. The topological polar surface area (TPSA) is 55.1 Å². The molecule has 1 amide bonds. The zero-order valence-electron chi connectivity index (χ0n) is 13.4. The van der Waals surface area contributed by atoms with Gasteiger partial charge in [0.1, 0.15) is 10.8 Å². The van der Waals surface area contributed by atoms with E-state index in [1.165, 1.54) is 22.1 Å². The number of carbonyl (C=O) groups is 1. The number of benzene rings is 2. The van der Waals surface area contributed by atoms with E-state index in [-0.39, 0.29) is 12.3 Å². The second kappa shape index (κ2) is 6.91. The summed E-state index contributed by atoms with van der Waals surface area (Å²) < 4.78 is 5.20. The summed E-state index contributed by atoms with van der Waals surface area (Å²) in [5.74, 6) is 0.681. The maximum Gasteiger partial charge on any atom is 0.227 e. The number of hydrogen-bond donors (Lipinski definition) is 1. The van der Waals surface area contributed by atoms with Crippen molar-refractivity contribution in [1.82, 2.24) is 10.3 Å². The van der Waals surface area contributed by atoms with Gasteiger partial charge >= 0.3 is 0 Å². The van der Waals surface area contributed by atoms with Gasteiger partial charge in [0.25, 0.3) is 0 Å². The van der Waals surface area contributed by atoms with Gasteiger partial charge in [-0.3, -0.25) is 4.79 Å². The standard InChI is InChI=1S/C20H16N2O2S/c23-19(21-12-17-6-3-9-24-17)11-20-22-18(13-25-20)16-8-7-14-4-1-2-5-15(14)10-16/h1-10,13H,11-12H2,(H,21,23). The normalized spacial score (nSPS) is 10.9.